The van der Waals surface area contributed by atoms with Crippen molar-refractivity contribution < 1.29 is 19.7 Å². The van der Waals surface area contributed by atoms with Gasteiger partial charge in [-0.25, -0.2) is 4.79 Å². The van der Waals surface area contributed by atoms with Gasteiger partial charge in [0.25, 0.3) is 0 Å². The predicted octanol–water partition coefficient (Wildman–Crippen LogP) is 5.21. The zero-order valence-electron chi connectivity index (χ0n) is 16.7. The van der Waals surface area contributed by atoms with Crippen LogP contribution in [-0.4, -0.2) is 22.3 Å². The molecule has 0 aromatic heterocycles. The molecule has 1 aromatic rings. The average molecular weight is 370 g/mol. The molecule has 0 unspecified atom stereocenters. The SMILES string of the molecule is CC1=CC[C@H]2C(C)(C)CCC[C@]2(C)[C@H]1OC(=O)C=Cc1ccc(O)c(O)c1. The lowest BCUT2D eigenvalue weighted by atomic mass is 9.51. The van der Waals surface area contributed by atoms with Gasteiger partial charge in [0.15, 0.2) is 11.5 Å². The molecule has 0 radical (unpaired) electrons. The molecule has 146 valence electrons. The molecule has 1 fully saturated rings. The van der Waals surface area contributed by atoms with Crippen LogP contribution < -0.4 is 0 Å². The summed E-state index contributed by atoms with van der Waals surface area (Å²) in [6, 6.07) is 4.43. The number of esters is 1. The number of phenolic OH excluding ortho intramolecular Hbond substituents is 2. The van der Waals surface area contributed by atoms with Gasteiger partial charge in [-0.3, -0.25) is 0 Å². The fraction of sp³-hybridized carbons (Fsp3) is 0.522. The van der Waals surface area contributed by atoms with Crippen LogP contribution in [0.15, 0.2) is 35.9 Å². The summed E-state index contributed by atoms with van der Waals surface area (Å²) >= 11 is 0. The van der Waals surface area contributed by atoms with Crippen molar-refractivity contribution in [1.29, 1.82) is 0 Å². The molecule has 0 aliphatic heterocycles. The third-order valence-corrected chi connectivity index (χ3v) is 6.61. The average Bonchev–Trinajstić information content (AvgIpc) is 2.58. The molecular formula is C23H30O4. The third kappa shape index (κ3) is 3.76. The summed E-state index contributed by atoms with van der Waals surface area (Å²) in [6.07, 6.45) is 9.50. The molecule has 2 aliphatic rings. The van der Waals surface area contributed by atoms with Crippen molar-refractivity contribution in [3.63, 3.8) is 0 Å². The topological polar surface area (TPSA) is 66.8 Å². The van der Waals surface area contributed by atoms with Crippen LogP contribution in [0.1, 0.15) is 58.9 Å². The molecule has 1 saturated carbocycles. The fourth-order valence-electron chi connectivity index (χ4n) is 5.19. The number of allylic oxidation sites excluding steroid dienone is 1. The van der Waals surface area contributed by atoms with Gasteiger partial charge in [-0.2, -0.15) is 0 Å². The molecule has 0 spiro atoms. The Bertz CT molecular complexity index is 790. The number of carbonyl (C=O) groups excluding carboxylic acids is 1. The van der Waals surface area contributed by atoms with E-state index in [1.54, 1.807) is 12.1 Å². The molecule has 4 heteroatoms. The lowest BCUT2D eigenvalue weighted by molar-refractivity contribution is -0.157. The van der Waals surface area contributed by atoms with Crippen molar-refractivity contribution in [3.8, 4) is 11.5 Å². The zero-order chi connectivity index (χ0) is 19.8. The number of aromatic hydroxyl groups is 2. The van der Waals surface area contributed by atoms with E-state index in [1.807, 2.05) is 0 Å². The summed E-state index contributed by atoms with van der Waals surface area (Å²) in [5.74, 6) is -0.281. The number of carbonyl (C=O) groups is 1. The van der Waals surface area contributed by atoms with Gasteiger partial charge in [0.2, 0.25) is 0 Å². The zero-order valence-corrected chi connectivity index (χ0v) is 16.7. The number of ether oxygens (including phenoxy) is 1. The van der Waals surface area contributed by atoms with E-state index in [1.165, 1.54) is 24.6 Å². The number of benzene rings is 1. The van der Waals surface area contributed by atoms with Crippen molar-refractivity contribution in [2.45, 2.75) is 59.5 Å². The standard InChI is InChI=1S/C23H30O4/c1-15-6-10-19-22(2,3)12-5-13-23(19,4)21(15)27-20(26)11-8-16-7-9-17(24)18(25)14-16/h6-9,11,14,19,21,24-25H,5,10,12-13H2,1-4H3/t19-,21-,23-/m0/s1. The van der Waals surface area contributed by atoms with E-state index in [0.717, 1.165) is 24.8 Å². The van der Waals surface area contributed by atoms with Gasteiger partial charge in [-0.1, -0.05) is 39.3 Å². The van der Waals surface area contributed by atoms with Crippen LogP contribution in [0.3, 0.4) is 0 Å². The van der Waals surface area contributed by atoms with Crippen molar-refractivity contribution in [1.82, 2.24) is 0 Å². The van der Waals surface area contributed by atoms with Crippen LogP contribution in [0.2, 0.25) is 0 Å². The highest BCUT2D eigenvalue weighted by Crippen LogP contribution is 2.58. The minimum atomic E-state index is -0.384. The van der Waals surface area contributed by atoms with Gasteiger partial charge >= 0.3 is 5.97 Å². The molecule has 3 rings (SSSR count). The lowest BCUT2D eigenvalue weighted by Gasteiger charge is -2.55. The first kappa shape index (κ1) is 19.5. The van der Waals surface area contributed by atoms with Crippen molar-refractivity contribution in [2.24, 2.45) is 16.7 Å². The van der Waals surface area contributed by atoms with Gasteiger partial charge in [-0.15, -0.1) is 0 Å². The predicted molar refractivity (Wildman–Crippen MR) is 106 cm³/mol. The minimum Gasteiger partial charge on any atom is -0.504 e. The normalized spacial score (nSPS) is 29.9. The first-order chi connectivity index (χ1) is 12.6. The van der Waals surface area contributed by atoms with E-state index in [-0.39, 0.29) is 34.4 Å². The fourth-order valence-corrected chi connectivity index (χ4v) is 5.19. The number of phenols is 2. The number of rotatable bonds is 3. The highest BCUT2D eigenvalue weighted by atomic mass is 16.5. The summed E-state index contributed by atoms with van der Waals surface area (Å²) in [7, 11) is 0. The van der Waals surface area contributed by atoms with Crippen molar-refractivity contribution in [3.05, 3.63) is 41.5 Å². The molecule has 3 atom stereocenters. The molecule has 1 aromatic carbocycles. The second kappa shape index (κ2) is 7.06. The molecule has 0 bridgehead atoms. The van der Waals surface area contributed by atoms with E-state index >= 15 is 0 Å². The number of fused-ring (bicyclic) bond motifs is 1. The van der Waals surface area contributed by atoms with Gasteiger partial charge in [0.05, 0.1) is 0 Å². The summed E-state index contributed by atoms with van der Waals surface area (Å²) in [4.78, 5) is 12.5. The molecular weight excluding hydrogens is 340 g/mol. The quantitative estimate of drug-likeness (QED) is 0.332. The Kier molecular flexibility index (Phi) is 5.11. The van der Waals surface area contributed by atoms with Crippen molar-refractivity contribution in [2.75, 3.05) is 0 Å². The van der Waals surface area contributed by atoms with Crippen molar-refractivity contribution >= 4 is 12.0 Å². The second-order valence-electron chi connectivity index (χ2n) is 8.98. The van der Waals surface area contributed by atoms with Crippen LogP contribution in [0, 0.1) is 16.7 Å². The monoisotopic (exact) mass is 370 g/mol. The Balaban J connectivity index is 1.77. The number of hydrogen-bond acceptors (Lipinski definition) is 4. The highest BCUT2D eigenvalue weighted by molar-refractivity contribution is 5.87. The first-order valence-corrected chi connectivity index (χ1v) is 9.71. The lowest BCUT2D eigenvalue weighted by Crippen LogP contribution is -2.52. The Labute approximate surface area is 161 Å². The Morgan fingerprint density at radius 3 is 2.63 bits per heavy atom. The maximum Gasteiger partial charge on any atom is 0.331 e. The van der Waals surface area contributed by atoms with Crippen LogP contribution in [0.25, 0.3) is 6.08 Å². The van der Waals surface area contributed by atoms with Gasteiger partial charge in [-0.05, 0) is 66.9 Å². The Morgan fingerprint density at radius 2 is 1.93 bits per heavy atom. The molecule has 0 saturated heterocycles. The van der Waals surface area contributed by atoms with Crippen LogP contribution in [-0.2, 0) is 9.53 Å². The van der Waals surface area contributed by atoms with E-state index in [0.29, 0.717) is 11.5 Å². The molecule has 27 heavy (non-hydrogen) atoms. The molecule has 0 heterocycles. The first-order valence-electron chi connectivity index (χ1n) is 9.71. The maximum absolute atomic E-state index is 12.5. The Morgan fingerprint density at radius 1 is 1.19 bits per heavy atom. The summed E-state index contributed by atoms with van der Waals surface area (Å²) in [5.41, 5.74) is 1.96. The number of hydrogen-bond donors (Lipinski definition) is 2. The molecule has 2 aliphatic carbocycles. The summed E-state index contributed by atoms with van der Waals surface area (Å²) in [5, 5.41) is 18.9. The van der Waals surface area contributed by atoms with E-state index in [4.69, 9.17) is 4.74 Å². The summed E-state index contributed by atoms with van der Waals surface area (Å²) < 4.78 is 5.94. The molecule has 2 N–H and O–H groups in total. The molecule has 0 amide bonds. The van der Waals surface area contributed by atoms with Gasteiger partial charge in [0, 0.05) is 11.5 Å². The van der Waals surface area contributed by atoms with Gasteiger partial charge < -0.3 is 14.9 Å². The van der Waals surface area contributed by atoms with Crippen LogP contribution >= 0.6 is 0 Å². The van der Waals surface area contributed by atoms with Gasteiger partial charge in [0.1, 0.15) is 6.10 Å². The van der Waals surface area contributed by atoms with E-state index in [9.17, 15) is 15.0 Å². The smallest absolute Gasteiger partial charge is 0.331 e. The van der Waals surface area contributed by atoms with E-state index in [2.05, 4.69) is 33.8 Å². The third-order valence-electron chi connectivity index (χ3n) is 6.61. The Hall–Kier alpha value is -2.23. The largest absolute Gasteiger partial charge is 0.504 e. The maximum atomic E-state index is 12.5. The summed E-state index contributed by atoms with van der Waals surface area (Å²) in [6.45, 7) is 9.00. The second-order valence-corrected chi connectivity index (χ2v) is 8.98. The minimum absolute atomic E-state index is 0.0408. The highest BCUT2D eigenvalue weighted by Gasteiger charge is 2.53. The molecule has 4 nitrogen and oxygen atoms in total. The van der Waals surface area contributed by atoms with Crippen LogP contribution in [0.4, 0.5) is 0 Å². The van der Waals surface area contributed by atoms with Crippen LogP contribution in [0.5, 0.6) is 11.5 Å². The van der Waals surface area contributed by atoms with E-state index < -0.39 is 0 Å².